The molecule has 1 aromatic carbocycles. The van der Waals surface area contributed by atoms with Crippen molar-refractivity contribution in [2.24, 2.45) is 0 Å². The molecule has 5 nitrogen and oxygen atoms in total. The van der Waals surface area contributed by atoms with E-state index in [1.807, 2.05) is 10.7 Å². The quantitative estimate of drug-likeness (QED) is 0.931. The Kier molecular flexibility index (Phi) is 4.64. The molecule has 1 aliphatic heterocycles. The van der Waals surface area contributed by atoms with E-state index in [0.29, 0.717) is 25.2 Å². The first-order valence-electron chi connectivity index (χ1n) is 8.52. The Bertz CT molecular complexity index is 779. The van der Waals surface area contributed by atoms with Gasteiger partial charge in [-0.15, -0.1) is 0 Å². The number of carbonyl (C=O) groups is 1. The molecule has 0 fully saturated rings. The van der Waals surface area contributed by atoms with E-state index in [-0.39, 0.29) is 17.7 Å². The summed E-state index contributed by atoms with van der Waals surface area (Å²) in [6, 6.07) is 7.78. The molecule has 0 bridgehead atoms. The van der Waals surface area contributed by atoms with Crippen LogP contribution in [0.25, 0.3) is 0 Å². The fourth-order valence-corrected chi connectivity index (χ4v) is 2.97. The summed E-state index contributed by atoms with van der Waals surface area (Å²) >= 11 is 0. The van der Waals surface area contributed by atoms with Crippen LogP contribution < -0.4 is 0 Å². The van der Waals surface area contributed by atoms with Gasteiger partial charge in [-0.3, -0.25) is 9.48 Å². The van der Waals surface area contributed by atoms with Crippen LogP contribution in [0.5, 0.6) is 0 Å². The predicted molar refractivity (Wildman–Crippen MR) is 92.3 cm³/mol. The van der Waals surface area contributed by atoms with Gasteiger partial charge < -0.3 is 10.0 Å². The summed E-state index contributed by atoms with van der Waals surface area (Å²) in [5.74, 6) is -0.554. The number of hydrogen-bond acceptors (Lipinski definition) is 3. The van der Waals surface area contributed by atoms with Crippen LogP contribution in [0.2, 0.25) is 0 Å². The third kappa shape index (κ3) is 3.90. The summed E-state index contributed by atoms with van der Waals surface area (Å²) in [6.45, 7) is 8.02. The number of benzene rings is 1. The van der Waals surface area contributed by atoms with Crippen LogP contribution in [0.4, 0.5) is 4.39 Å². The lowest BCUT2D eigenvalue weighted by Gasteiger charge is -2.28. The van der Waals surface area contributed by atoms with Gasteiger partial charge in [-0.05, 0) is 23.8 Å². The molecule has 1 unspecified atom stereocenters. The lowest BCUT2D eigenvalue weighted by atomic mass is 9.92. The number of fused-ring (bicyclic) bond motifs is 1. The van der Waals surface area contributed by atoms with E-state index in [0.717, 1.165) is 11.4 Å². The highest BCUT2D eigenvalue weighted by Crippen LogP contribution is 2.25. The number of hydrogen-bond donors (Lipinski definition) is 1. The van der Waals surface area contributed by atoms with E-state index in [1.54, 1.807) is 11.0 Å². The fourth-order valence-electron chi connectivity index (χ4n) is 2.97. The lowest BCUT2D eigenvalue weighted by Crippen LogP contribution is -2.38. The topological polar surface area (TPSA) is 58.4 Å². The van der Waals surface area contributed by atoms with Crippen LogP contribution in [0.3, 0.4) is 0 Å². The zero-order valence-corrected chi connectivity index (χ0v) is 14.9. The maximum Gasteiger partial charge on any atom is 0.225 e. The van der Waals surface area contributed by atoms with Gasteiger partial charge in [0.05, 0.1) is 37.0 Å². The molecule has 0 radical (unpaired) electrons. The number of carbonyl (C=O) groups excluding carboxylic acids is 1. The first-order valence-corrected chi connectivity index (χ1v) is 8.52. The monoisotopic (exact) mass is 345 g/mol. The zero-order valence-electron chi connectivity index (χ0n) is 14.9. The third-order valence-corrected chi connectivity index (χ3v) is 4.52. The van der Waals surface area contributed by atoms with E-state index >= 15 is 0 Å². The number of aliphatic hydroxyl groups excluding tert-OH is 1. The second kappa shape index (κ2) is 6.59. The molecule has 0 saturated carbocycles. The first-order chi connectivity index (χ1) is 11.7. The van der Waals surface area contributed by atoms with E-state index < -0.39 is 11.9 Å². The Hall–Kier alpha value is -2.21. The van der Waals surface area contributed by atoms with Gasteiger partial charge in [0.2, 0.25) is 5.91 Å². The zero-order chi connectivity index (χ0) is 18.2. The minimum atomic E-state index is -1.000. The molecule has 25 heavy (non-hydrogen) atoms. The van der Waals surface area contributed by atoms with Gasteiger partial charge >= 0.3 is 0 Å². The lowest BCUT2D eigenvalue weighted by molar-refractivity contribution is -0.134. The van der Waals surface area contributed by atoms with Crippen molar-refractivity contribution in [3.8, 4) is 0 Å². The third-order valence-electron chi connectivity index (χ3n) is 4.52. The van der Waals surface area contributed by atoms with Gasteiger partial charge in [-0.1, -0.05) is 32.9 Å². The van der Waals surface area contributed by atoms with Crippen molar-refractivity contribution in [1.29, 1.82) is 0 Å². The molecule has 1 N–H and O–H groups in total. The summed E-state index contributed by atoms with van der Waals surface area (Å²) in [4.78, 5) is 14.3. The highest BCUT2D eigenvalue weighted by molar-refractivity contribution is 5.77. The number of aromatic nitrogens is 2. The van der Waals surface area contributed by atoms with Crippen LogP contribution in [0, 0.1) is 5.82 Å². The Balaban J connectivity index is 1.67. The molecule has 3 rings (SSSR count). The largest absolute Gasteiger partial charge is 0.388 e. The summed E-state index contributed by atoms with van der Waals surface area (Å²) in [7, 11) is 0. The van der Waals surface area contributed by atoms with Crippen molar-refractivity contribution in [3.63, 3.8) is 0 Å². The first kappa shape index (κ1) is 17.6. The van der Waals surface area contributed by atoms with E-state index in [9.17, 15) is 14.3 Å². The summed E-state index contributed by atoms with van der Waals surface area (Å²) < 4.78 is 15.2. The summed E-state index contributed by atoms with van der Waals surface area (Å²) in [6.07, 6.45) is -1.05. The standard InChI is InChI=1S/C19H24FN3O2/c1-19(2,3)17-10-15-12-22(7-8-23(15)21-17)18(25)11-16(24)13-5-4-6-14(20)9-13/h4-6,9-10,16,24H,7-8,11-12H2,1-3H3. The second-order valence-electron chi connectivity index (χ2n) is 7.58. The highest BCUT2D eigenvalue weighted by Gasteiger charge is 2.27. The number of amides is 1. The normalized spacial score (nSPS) is 15.8. The molecule has 2 aromatic rings. The molecule has 134 valence electrons. The van der Waals surface area contributed by atoms with Gasteiger partial charge in [-0.25, -0.2) is 4.39 Å². The van der Waals surface area contributed by atoms with Crippen molar-refractivity contribution in [1.82, 2.24) is 14.7 Å². The van der Waals surface area contributed by atoms with Crippen LogP contribution in [-0.2, 0) is 23.3 Å². The summed E-state index contributed by atoms with van der Waals surface area (Å²) in [5, 5.41) is 14.8. The molecule has 1 aliphatic rings. The average Bonchev–Trinajstić information content (AvgIpc) is 2.98. The number of halogens is 1. The van der Waals surface area contributed by atoms with Gasteiger partial charge in [0.25, 0.3) is 0 Å². The van der Waals surface area contributed by atoms with E-state index in [2.05, 4.69) is 25.9 Å². The molecule has 6 heteroatoms. The predicted octanol–water partition coefficient (Wildman–Crippen LogP) is 2.79. The van der Waals surface area contributed by atoms with Crippen LogP contribution in [-0.4, -0.2) is 32.2 Å². The molecule has 1 aromatic heterocycles. The van der Waals surface area contributed by atoms with Gasteiger partial charge in [0.15, 0.2) is 0 Å². The van der Waals surface area contributed by atoms with Gasteiger partial charge in [0, 0.05) is 12.0 Å². The van der Waals surface area contributed by atoms with Crippen LogP contribution in [0.15, 0.2) is 30.3 Å². The smallest absolute Gasteiger partial charge is 0.225 e. The maximum atomic E-state index is 13.3. The van der Waals surface area contributed by atoms with E-state index in [4.69, 9.17) is 0 Å². The minimum absolute atomic E-state index is 0.0350. The molecule has 1 amide bonds. The van der Waals surface area contributed by atoms with Crippen molar-refractivity contribution in [2.45, 2.75) is 51.8 Å². The fraction of sp³-hybridized carbons (Fsp3) is 0.474. The Morgan fingerprint density at radius 1 is 1.32 bits per heavy atom. The SMILES string of the molecule is CC(C)(C)c1cc2n(n1)CCN(C(=O)CC(O)c1cccc(F)c1)C2. The number of rotatable bonds is 3. The molecule has 0 spiro atoms. The molecule has 1 atom stereocenters. The molecular formula is C19H24FN3O2. The highest BCUT2D eigenvalue weighted by atomic mass is 19.1. The number of nitrogens with zero attached hydrogens (tertiary/aromatic N) is 3. The van der Waals surface area contributed by atoms with Gasteiger partial charge in [0.1, 0.15) is 5.82 Å². The number of aliphatic hydroxyl groups is 1. The minimum Gasteiger partial charge on any atom is -0.388 e. The Morgan fingerprint density at radius 3 is 2.76 bits per heavy atom. The maximum absolute atomic E-state index is 13.3. The van der Waals surface area contributed by atoms with Crippen LogP contribution >= 0.6 is 0 Å². The van der Waals surface area contributed by atoms with Crippen molar-refractivity contribution in [2.75, 3.05) is 6.54 Å². The van der Waals surface area contributed by atoms with E-state index in [1.165, 1.54) is 18.2 Å². The average molecular weight is 345 g/mol. The van der Waals surface area contributed by atoms with Crippen molar-refractivity contribution >= 4 is 5.91 Å². The molecular weight excluding hydrogens is 321 g/mol. The van der Waals surface area contributed by atoms with Crippen molar-refractivity contribution < 1.29 is 14.3 Å². The van der Waals surface area contributed by atoms with Gasteiger partial charge in [-0.2, -0.15) is 5.10 Å². The molecule has 0 saturated heterocycles. The van der Waals surface area contributed by atoms with Crippen LogP contribution in [0.1, 0.15) is 50.2 Å². The molecule has 2 heterocycles. The Morgan fingerprint density at radius 2 is 2.08 bits per heavy atom. The second-order valence-corrected chi connectivity index (χ2v) is 7.58. The summed E-state index contributed by atoms with van der Waals surface area (Å²) in [5.41, 5.74) is 2.40. The Labute approximate surface area is 147 Å². The molecule has 0 aliphatic carbocycles. The van der Waals surface area contributed by atoms with Crippen molar-refractivity contribution in [3.05, 3.63) is 53.1 Å².